The largest absolute Gasteiger partial charge is 0.342 e. The first-order valence-electron chi connectivity index (χ1n) is 11.4. The molecule has 2 aliphatic heterocycles. The number of fused-ring (bicyclic) bond motifs is 2. The Bertz CT molecular complexity index is 550. The third-order valence-corrected chi connectivity index (χ3v) is 7.89. The van der Waals surface area contributed by atoms with E-state index in [-0.39, 0.29) is 24.2 Å². The molecule has 28 heavy (non-hydrogen) atoms. The number of carbonyl (C=O) groups excluding carboxylic acids is 2. The van der Waals surface area contributed by atoms with Crippen molar-refractivity contribution in [3.8, 4) is 0 Å². The number of rotatable bonds is 2. The number of halogens is 1. The van der Waals surface area contributed by atoms with Gasteiger partial charge in [-0.1, -0.05) is 13.3 Å². The summed E-state index contributed by atoms with van der Waals surface area (Å²) in [6, 6.07) is 0.318. The Balaban J connectivity index is 0.00000225. The second kappa shape index (κ2) is 9.34. The summed E-state index contributed by atoms with van der Waals surface area (Å²) in [6.45, 7) is 5.61. The van der Waals surface area contributed by atoms with Crippen molar-refractivity contribution in [2.45, 2.75) is 70.8 Å². The number of hydrogen-bond donors (Lipinski definition) is 1. The first-order chi connectivity index (χ1) is 13.0. The number of likely N-dealkylation sites (tertiary alicyclic amines) is 2. The molecule has 160 valence electrons. The first-order valence-corrected chi connectivity index (χ1v) is 11.4. The lowest BCUT2D eigenvalue weighted by molar-refractivity contribution is -0.145. The molecule has 0 aromatic carbocycles. The summed E-state index contributed by atoms with van der Waals surface area (Å²) >= 11 is 0. The topological polar surface area (TPSA) is 66.6 Å². The zero-order chi connectivity index (χ0) is 19.0. The number of carbonyl (C=O) groups is 2. The summed E-state index contributed by atoms with van der Waals surface area (Å²) in [5, 5.41) is 0. The minimum absolute atomic E-state index is 0. The third kappa shape index (κ3) is 4.51. The molecule has 2 aliphatic carbocycles. The van der Waals surface area contributed by atoms with Crippen molar-refractivity contribution < 1.29 is 9.59 Å². The lowest BCUT2D eigenvalue weighted by Crippen LogP contribution is -2.51. The van der Waals surface area contributed by atoms with Crippen LogP contribution < -0.4 is 5.73 Å². The van der Waals surface area contributed by atoms with Crippen LogP contribution >= 0.6 is 12.4 Å². The van der Waals surface area contributed by atoms with Gasteiger partial charge in [0.05, 0.1) is 0 Å². The van der Waals surface area contributed by atoms with Crippen LogP contribution in [-0.4, -0.2) is 53.8 Å². The molecule has 0 spiro atoms. The summed E-state index contributed by atoms with van der Waals surface area (Å²) in [5.41, 5.74) is 6.39. The van der Waals surface area contributed by atoms with Gasteiger partial charge in [0.1, 0.15) is 0 Å². The fraction of sp³-hybridized carbons (Fsp3) is 0.909. The Labute approximate surface area is 176 Å². The average Bonchev–Trinajstić information content (AvgIpc) is 2.67. The Morgan fingerprint density at radius 1 is 0.786 bits per heavy atom. The first kappa shape index (κ1) is 21.9. The van der Waals surface area contributed by atoms with Crippen molar-refractivity contribution in [1.29, 1.82) is 0 Å². The normalized spacial score (nSPS) is 36.6. The zero-order valence-electron chi connectivity index (χ0n) is 17.4. The highest BCUT2D eigenvalue weighted by Crippen LogP contribution is 2.42. The molecule has 5 nitrogen and oxygen atoms in total. The Kier molecular flexibility index (Phi) is 7.30. The number of nitrogens with zero attached hydrogens (tertiary/aromatic N) is 2. The standard InChI is InChI=1S/C22H37N3O2.ClH/c1-15-4-3-9-25(14-15)21(26)16-7-10-24(11-8-16)22(27)19-12-17-5-2-6-18(13-19)20(17)23;/h15-20H,2-14,23H2,1H3;1H. The van der Waals surface area contributed by atoms with E-state index in [1.165, 1.54) is 25.7 Å². The van der Waals surface area contributed by atoms with Crippen LogP contribution in [0.2, 0.25) is 0 Å². The molecule has 2 N–H and O–H groups in total. The van der Waals surface area contributed by atoms with Gasteiger partial charge in [0.2, 0.25) is 11.8 Å². The molecule has 4 fully saturated rings. The maximum atomic E-state index is 13.1. The highest BCUT2D eigenvalue weighted by Gasteiger charge is 2.42. The van der Waals surface area contributed by atoms with E-state index in [0.717, 1.165) is 58.3 Å². The molecule has 0 aromatic heterocycles. The molecule has 3 unspecified atom stereocenters. The number of nitrogens with two attached hydrogens (primary N) is 1. The minimum Gasteiger partial charge on any atom is -0.342 e. The zero-order valence-corrected chi connectivity index (χ0v) is 18.2. The van der Waals surface area contributed by atoms with Crippen molar-refractivity contribution in [3.05, 3.63) is 0 Å². The lowest BCUT2D eigenvalue weighted by atomic mass is 9.65. The van der Waals surface area contributed by atoms with Crippen LogP contribution in [0.15, 0.2) is 0 Å². The molecule has 6 heteroatoms. The fourth-order valence-electron chi connectivity index (χ4n) is 6.24. The number of amides is 2. The van der Waals surface area contributed by atoms with E-state index in [4.69, 9.17) is 5.73 Å². The molecular formula is C22H38ClN3O2. The lowest BCUT2D eigenvalue weighted by Gasteiger charge is -2.45. The number of hydrogen-bond acceptors (Lipinski definition) is 3. The van der Waals surface area contributed by atoms with Crippen molar-refractivity contribution in [2.75, 3.05) is 26.2 Å². The van der Waals surface area contributed by atoms with Crippen molar-refractivity contribution >= 4 is 24.2 Å². The quantitative estimate of drug-likeness (QED) is 0.759. The second-order valence-electron chi connectivity index (χ2n) is 9.83. The van der Waals surface area contributed by atoms with Gasteiger partial charge in [0.25, 0.3) is 0 Å². The third-order valence-electron chi connectivity index (χ3n) is 7.89. The van der Waals surface area contributed by atoms with Crippen LogP contribution in [0, 0.1) is 29.6 Å². The maximum Gasteiger partial charge on any atom is 0.225 e. The van der Waals surface area contributed by atoms with Crippen LogP contribution in [0.3, 0.4) is 0 Å². The summed E-state index contributed by atoms with van der Waals surface area (Å²) in [4.78, 5) is 30.1. The van der Waals surface area contributed by atoms with E-state index in [1.807, 2.05) is 0 Å². The molecular weight excluding hydrogens is 374 g/mol. The SMILES string of the molecule is CC1CCCN(C(=O)C2CCN(C(=O)C3CC4CCCC(C3)C4N)CC2)C1.Cl. The molecule has 4 rings (SSSR count). The van der Waals surface area contributed by atoms with Crippen LogP contribution in [-0.2, 0) is 9.59 Å². The van der Waals surface area contributed by atoms with Gasteiger partial charge in [0, 0.05) is 44.1 Å². The monoisotopic (exact) mass is 411 g/mol. The van der Waals surface area contributed by atoms with E-state index < -0.39 is 0 Å². The summed E-state index contributed by atoms with van der Waals surface area (Å²) in [6.07, 6.45) is 9.72. The van der Waals surface area contributed by atoms with E-state index in [0.29, 0.717) is 35.6 Å². The van der Waals surface area contributed by atoms with Gasteiger partial charge in [-0.15, -0.1) is 12.4 Å². The predicted molar refractivity (Wildman–Crippen MR) is 113 cm³/mol. The summed E-state index contributed by atoms with van der Waals surface area (Å²) in [5.74, 6) is 2.71. The Morgan fingerprint density at radius 3 is 2.00 bits per heavy atom. The van der Waals surface area contributed by atoms with Crippen LogP contribution in [0.4, 0.5) is 0 Å². The van der Waals surface area contributed by atoms with Gasteiger partial charge in [-0.2, -0.15) is 0 Å². The van der Waals surface area contributed by atoms with E-state index >= 15 is 0 Å². The van der Waals surface area contributed by atoms with Gasteiger partial charge >= 0.3 is 0 Å². The van der Waals surface area contributed by atoms with E-state index in [2.05, 4.69) is 16.7 Å². The highest BCUT2D eigenvalue weighted by molar-refractivity contribution is 5.85. The van der Waals surface area contributed by atoms with Crippen LogP contribution in [0.25, 0.3) is 0 Å². The molecule has 2 amide bonds. The number of piperidine rings is 2. The molecule has 2 saturated heterocycles. The molecule has 2 saturated carbocycles. The van der Waals surface area contributed by atoms with Crippen LogP contribution in [0.5, 0.6) is 0 Å². The average molecular weight is 412 g/mol. The smallest absolute Gasteiger partial charge is 0.225 e. The molecule has 0 radical (unpaired) electrons. The minimum atomic E-state index is 0. The molecule has 2 bridgehead atoms. The fourth-order valence-corrected chi connectivity index (χ4v) is 6.24. The summed E-state index contributed by atoms with van der Waals surface area (Å²) in [7, 11) is 0. The molecule has 0 aromatic rings. The predicted octanol–water partition coefficient (Wildman–Crippen LogP) is 3.06. The van der Waals surface area contributed by atoms with Gasteiger partial charge in [-0.05, 0) is 69.1 Å². The van der Waals surface area contributed by atoms with Gasteiger partial charge in [0.15, 0.2) is 0 Å². The van der Waals surface area contributed by atoms with Crippen molar-refractivity contribution in [1.82, 2.24) is 9.80 Å². The van der Waals surface area contributed by atoms with Gasteiger partial charge in [-0.3, -0.25) is 9.59 Å². The molecule has 3 atom stereocenters. The Morgan fingerprint density at radius 2 is 1.39 bits per heavy atom. The second-order valence-corrected chi connectivity index (χ2v) is 9.83. The van der Waals surface area contributed by atoms with Gasteiger partial charge < -0.3 is 15.5 Å². The van der Waals surface area contributed by atoms with E-state index in [1.54, 1.807) is 0 Å². The molecule has 2 heterocycles. The van der Waals surface area contributed by atoms with Gasteiger partial charge in [-0.25, -0.2) is 0 Å². The maximum absolute atomic E-state index is 13.1. The van der Waals surface area contributed by atoms with Crippen LogP contribution in [0.1, 0.15) is 64.7 Å². The highest BCUT2D eigenvalue weighted by atomic mass is 35.5. The van der Waals surface area contributed by atoms with Crippen molar-refractivity contribution in [3.63, 3.8) is 0 Å². The van der Waals surface area contributed by atoms with E-state index in [9.17, 15) is 9.59 Å². The molecule has 4 aliphatic rings. The Hall–Kier alpha value is -0.810. The summed E-state index contributed by atoms with van der Waals surface area (Å²) < 4.78 is 0. The van der Waals surface area contributed by atoms with Crippen molar-refractivity contribution in [2.24, 2.45) is 35.3 Å².